The van der Waals surface area contributed by atoms with Crippen molar-refractivity contribution in [1.82, 2.24) is 9.97 Å². The molecule has 0 amide bonds. The molecule has 0 aliphatic heterocycles. The Hall–Kier alpha value is -1.32. The maximum atomic E-state index is 5.83. The van der Waals surface area contributed by atoms with E-state index in [1.807, 2.05) is 29.8 Å². The molecule has 2 aromatic heterocycles. The number of benzene rings is 1. The summed E-state index contributed by atoms with van der Waals surface area (Å²) in [6.45, 7) is 0. The Balaban J connectivity index is 2.27. The highest BCUT2D eigenvalue weighted by molar-refractivity contribution is 7.14. The van der Waals surface area contributed by atoms with Gasteiger partial charge in [0.2, 0.25) is 0 Å². The van der Waals surface area contributed by atoms with E-state index in [4.69, 9.17) is 11.6 Å². The summed E-state index contributed by atoms with van der Waals surface area (Å²) in [6.07, 6.45) is 1.97. The Morgan fingerprint density at radius 3 is 2.93 bits per heavy atom. The third kappa shape index (κ3) is 1.44. The van der Waals surface area contributed by atoms with E-state index < -0.39 is 0 Å². The fourth-order valence-corrected chi connectivity index (χ4v) is 2.42. The van der Waals surface area contributed by atoms with E-state index >= 15 is 0 Å². The van der Waals surface area contributed by atoms with Crippen LogP contribution in [0.15, 0.2) is 35.8 Å². The Morgan fingerprint density at radius 1 is 1.27 bits per heavy atom. The topological polar surface area (TPSA) is 28.7 Å². The van der Waals surface area contributed by atoms with Gasteiger partial charge >= 0.3 is 0 Å². The van der Waals surface area contributed by atoms with E-state index in [0.717, 1.165) is 16.8 Å². The molecule has 0 aliphatic carbocycles. The second-order valence-corrected chi connectivity index (χ2v) is 4.67. The number of para-hydroxylation sites is 1. The molecule has 3 rings (SSSR count). The van der Waals surface area contributed by atoms with Crippen LogP contribution in [-0.4, -0.2) is 9.97 Å². The lowest BCUT2D eigenvalue weighted by Crippen LogP contribution is -1.73. The summed E-state index contributed by atoms with van der Waals surface area (Å²) in [5.74, 6) is 0. The molecule has 0 saturated carbocycles. The number of nitrogens with one attached hydrogen (secondary N) is 1. The number of hydrogen-bond donors (Lipinski definition) is 1. The summed E-state index contributed by atoms with van der Waals surface area (Å²) in [6, 6.07) is 8.16. The van der Waals surface area contributed by atoms with E-state index in [1.54, 1.807) is 0 Å². The van der Waals surface area contributed by atoms with Gasteiger partial charge in [0.1, 0.15) is 0 Å². The zero-order chi connectivity index (χ0) is 10.3. The molecular formula is C11H7ClN2S. The van der Waals surface area contributed by atoms with Crippen LogP contribution in [0.5, 0.6) is 0 Å². The van der Waals surface area contributed by atoms with Crippen LogP contribution in [0.3, 0.4) is 0 Å². The second-order valence-electron chi connectivity index (χ2n) is 3.23. The molecule has 1 N–H and O–H groups in total. The van der Waals surface area contributed by atoms with E-state index in [1.165, 1.54) is 16.7 Å². The third-order valence-corrected chi connectivity index (χ3v) is 3.32. The molecule has 0 bridgehead atoms. The fourth-order valence-electron chi connectivity index (χ4n) is 1.66. The number of fused-ring (bicyclic) bond motifs is 1. The number of thiazole rings is 1. The molecule has 2 heterocycles. The minimum Gasteiger partial charge on any atom is -0.360 e. The van der Waals surface area contributed by atoms with Crippen LogP contribution in [-0.2, 0) is 0 Å². The van der Waals surface area contributed by atoms with E-state index in [0.29, 0.717) is 4.47 Å². The molecular weight excluding hydrogens is 228 g/mol. The molecule has 2 nitrogen and oxygen atoms in total. The van der Waals surface area contributed by atoms with Gasteiger partial charge in [-0.25, -0.2) is 4.98 Å². The number of nitrogens with zero attached hydrogens (tertiary/aromatic N) is 1. The number of aromatic nitrogens is 2. The third-order valence-electron chi connectivity index (χ3n) is 2.34. The fraction of sp³-hybridized carbons (Fsp3) is 0. The summed E-state index contributed by atoms with van der Waals surface area (Å²) in [5, 5.41) is 3.15. The lowest BCUT2D eigenvalue weighted by molar-refractivity contribution is 1.40. The SMILES string of the molecule is Clc1nc(-c2c[nH]c3ccccc23)cs1. The standard InChI is InChI=1S/C11H7ClN2S/c12-11-14-10(6-15-11)8-5-13-9-4-2-1-3-7(8)9/h1-6,13H. The van der Waals surface area contributed by atoms with Crippen molar-refractivity contribution in [2.24, 2.45) is 0 Å². The van der Waals surface area contributed by atoms with E-state index in [2.05, 4.69) is 16.0 Å². The number of halogens is 1. The molecule has 74 valence electrons. The summed E-state index contributed by atoms with van der Waals surface area (Å²) >= 11 is 7.28. The van der Waals surface area contributed by atoms with Gasteiger partial charge in [0.15, 0.2) is 4.47 Å². The van der Waals surface area contributed by atoms with Gasteiger partial charge in [-0.3, -0.25) is 0 Å². The van der Waals surface area contributed by atoms with Crippen LogP contribution in [0.1, 0.15) is 0 Å². The first kappa shape index (κ1) is 8.95. The van der Waals surface area contributed by atoms with Crippen LogP contribution in [0.2, 0.25) is 4.47 Å². The van der Waals surface area contributed by atoms with Crippen molar-refractivity contribution in [2.75, 3.05) is 0 Å². The lowest BCUT2D eigenvalue weighted by Gasteiger charge is -1.92. The first-order valence-corrected chi connectivity index (χ1v) is 5.78. The van der Waals surface area contributed by atoms with Crippen LogP contribution < -0.4 is 0 Å². The van der Waals surface area contributed by atoms with Gasteiger partial charge in [-0.15, -0.1) is 11.3 Å². The van der Waals surface area contributed by atoms with Crippen molar-refractivity contribution in [3.05, 3.63) is 40.3 Å². The van der Waals surface area contributed by atoms with Gasteiger partial charge in [-0.2, -0.15) is 0 Å². The average Bonchev–Trinajstić information content (AvgIpc) is 2.83. The molecule has 0 atom stereocenters. The number of aromatic amines is 1. The number of H-pyrrole nitrogens is 1. The average molecular weight is 235 g/mol. The summed E-state index contributed by atoms with van der Waals surface area (Å²) in [5.41, 5.74) is 3.16. The largest absolute Gasteiger partial charge is 0.360 e. The van der Waals surface area contributed by atoms with Crippen LogP contribution in [0, 0.1) is 0 Å². The minimum atomic E-state index is 0.579. The maximum Gasteiger partial charge on any atom is 0.184 e. The quantitative estimate of drug-likeness (QED) is 0.679. The smallest absolute Gasteiger partial charge is 0.184 e. The monoisotopic (exact) mass is 234 g/mol. The highest BCUT2D eigenvalue weighted by Gasteiger charge is 2.08. The van der Waals surface area contributed by atoms with Gasteiger partial charge in [0.25, 0.3) is 0 Å². The van der Waals surface area contributed by atoms with Crippen LogP contribution in [0.4, 0.5) is 0 Å². The van der Waals surface area contributed by atoms with Crippen molar-refractivity contribution in [1.29, 1.82) is 0 Å². The molecule has 0 fully saturated rings. The molecule has 3 aromatic rings. The minimum absolute atomic E-state index is 0.579. The Kier molecular flexibility index (Phi) is 2.01. The van der Waals surface area contributed by atoms with Crippen molar-refractivity contribution in [2.45, 2.75) is 0 Å². The van der Waals surface area contributed by atoms with Crippen molar-refractivity contribution in [3.8, 4) is 11.3 Å². The van der Waals surface area contributed by atoms with Crippen LogP contribution in [0.25, 0.3) is 22.2 Å². The van der Waals surface area contributed by atoms with Gasteiger partial charge < -0.3 is 4.98 Å². The predicted octanol–water partition coefficient (Wildman–Crippen LogP) is 3.94. The summed E-state index contributed by atoms with van der Waals surface area (Å²) < 4.78 is 0.579. The summed E-state index contributed by atoms with van der Waals surface area (Å²) in [7, 11) is 0. The zero-order valence-electron chi connectivity index (χ0n) is 7.70. The number of hydrogen-bond acceptors (Lipinski definition) is 2. The molecule has 1 aromatic carbocycles. The van der Waals surface area contributed by atoms with Gasteiger partial charge in [0, 0.05) is 28.0 Å². The highest BCUT2D eigenvalue weighted by atomic mass is 35.5. The number of rotatable bonds is 1. The first-order chi connectivity index (χ1) is 7.34. The van der Waals surface area contributed by atoms with Crippen molar-refractivity contribution in [3.63, 3.8) is 0 Å². The Bertz CT molecular complexity index is 612. The van der Waals surface area contributed by atoms with E-state index in [9.17, 15) is 0 Å². The van der Waals surface area contributed by atoms with Gasteiger partial charge in [0.05, 0.1) is 5.69 Å². The molecule has 0 radical (unpaired) electrons. The molecule has 0 unspecified atom stereocenters. The zero-order valence-corrected chi connectivity index (χ0v) is 9.27. The van der Waals surface area contributed by atoms with Crippen LogP contribution >= 0.6 is 22.9 Å². The second kappa shape index (κ2) is 3.36. The molecule has 0 spiro atoms. The van der Waals surface area contributed by atoms with Gasteiger partial charge in [-0.05, 0) is 6.07 Å². The molecule has 4 heteroatoms. The van der Waals surface area contributed by atoms with E-state index in [-0.39, 0.29) is 0 Å². The lowest BCUT2D eigenvalue weighted by atomic mass is 10.1. The summed E-state index contributed by atoms with van der Waals surface area (Å²) in [4.78, 5) is 7.48. The molecule has 0 saturated heterocycles. The van der Waals surface area contributed by atoms with Crippen molar-refractivity contribution < 1.29 is 0 Å². The normalized spacial score (nSPS) is 11.0. The Morgan fingerprint density at radius 2 is 2.13 bits per heavy atom. The Labute approximate surface area is 95.5 Å². The molecule has 0 aliphatic rings. The first-order valence-electron chi connectivity index (χ1n) is 4.52. The predicted molar refractivity (Wildman–Crippen MR) is 64.4 cm³/mol. The van der Waals surface area contributed by atoms with Crippen molar-refractivity contribution >= 4 is 33.8 Å². The molecule has 15 heavy (non-hydrogen) atoms. The maximum absolute atomic E-state index is 5.83. The van der Waals surface area contributed by atoms with Gasteiger partial charge in [-0.1, -0.05) is 29.8 Å². The highest BCUT2D eigenvalue weighted by Crippen LogP contribution is 2.30.